The normalized spacial score (nSPS) is 12.4. The lowest BCUT2D eigenvalue weighted by molar-refractivity contribution is 0.555. The van der Waals surface area contributed by atoms with Crippen molar-refractivity contribution in [3.05, 3.63) is 0 Å². The van der Waals surface area contributed by atoms with Crippen LogP contribution >= 0.6 is 0 Å². The van der Waals surface area contributed by atoms with Gasteiger partial charge in [0.25, 0.3) is 0 Å². The standard InChI is InChI=1S/C125H260Si4/c1-11-21-31-41-51-60-69-78-88-98-110-126(111-99-89-79-70-61-52-42-32-22-12-2,112-100-90-80-71-62-53-43-33-23-13-3)120-107-123-129(119-97-87-50-40-30-20-10,124-108-121-127(113-101-91-81-72-63-54-44-34-24-14-4,114-102-92-82-73-64-55-45-35-25-15-5)115-103-93-83-74-65-56-46-36-26-16-6)125-109-122-128(116-104-94-84-75-66-57-47-37-27-17-7,117-105-95-85-76-67-58-48-38-28-18-8)118-106-96-86-77-68-59-49-39-29-19-9/h11-125H2,1-10H3. The summed E-state index contributed by atoms with van der Waals surface area (Å²) in [5, 5.41) is 0. The summed E-state index contributed by atoms with van der Waals surface area (Å²) in [6.45, 7) is 24.1. The van der Waals surface area contributed by atoms with E-state index in [9.17, 15) is 0 Å². The van der Waals surface area contributed by atoms with Crippen molar-refractivity contribution < 1.29 is 0 Å². The summed E-state index contributed by atoms with van der Waals surface area (Å²) in [4.78, 5) is 0. The molecule has 0 aliphatic rings. The average molecular weight is 1880 g/mol. The van der Waals surface area contributed by atoms with Gasteiger partial charge in [-0.1, -0.05) is 802 Å². The lowest BCUT2D eigenvalue weighted by atomic mass is 10.1. The van der Waals surface area contributed by atoms with Gasteiger partial charge >= 0.3 is 0 Å². The molecule has 0 N–H and O–H groups in total. The molecule has 0 heterocycles. The molecular formula is C125H260Si4. The van der Waals surface area contributed by atoms with Crippen LogP contribution in [0.1, 0.15) is 705 Å². The second-order valence-electron chi connectivity index (χ2n) is 46.5. The van der Waals surface area contributed by atoms with Crippen LogP contribution < -0.4 is 0 Å². The first-order valence-corrected chi connectivity index (χ1v) is 75.0. The van der Waals surface area contributed by atoms with Crippen molar-refractivity contribution in [1.82, 2.24) is 0 Å². The molecule has 0 aliphatic carbocycles. The van der Waals surface area contributed by atoms with Crippen molar-refractivity contribution in [3.63, 3.8) is 0 Å². The minimum absolute atomic E-state index is 1.38. The summed E-state index contributed by atoms with van der Waals surface area (Å²) in [6, 6.07) is 27.9. The van der Waals surface area contributed by atoms with E-state index in [2.05, 4.69) is 69.2 Å². The van der Waals surface area contributed by atoms with Crippen LogP contribution in [0.25, 0.3) is 0 Å². The molecule has 0 atom stereocenters. The molecule has 129 heavy (non-hydrogen) atoms. The van der Waals surface area contributed by atoms with Crippen LogP contribution in [0.15, 0.2) is 0 Å². The smallest absolute Gasteiger partial charge is 0.0535 e. The minimum Gasteiger partial charge on any atom is -0.0654 e. The van der Waals surface area contributed by atoms with E-state index < -0.39 is 32.3 Å². The van der Waals surface area contributed by atoms with Crippen LogP contribution in [0.2, 0.25) is 96.7 Å². The fraction of sp³-hybridized carbons (Fsp3) is 1.00. The summed E-state index contributed by atoms with van der Waals surface area (Å²) in [5.41, 5.74) is 0. The fourth-order valence-electron chi connectivity index (χ4n) is 24.7. The third kappa shape index (κ3) is 91.1. The van der Waals surface area contributed by atoms with Gasteiger partial charge in [0, 0.05) is 0 Å². The molecule has 0 radical (unpaired) electrons. The van der Waals surface area contributed by atoms with Crippen molar-refractivity contribution in [2.45, 2.75) is 802 Å². The zero-order valence-corrected chi connectivity index (χ0v) is 97.3. The highest BCUT2D eigenvalue weighted by molar-refractivity contribution is 6.83. The predicted octanol–water partition coefficient (Wildman–Crippen LogP) is 49.6. The van der Waals surface area contributed by atoms with Crippen molar-refractivity contribution in [1.29, 1.82) is 0 Å². The Kier molecular flexibility index (Phi) is 108. The minimum atomic E-state index is -1.69. The molecule has 0 amide bonds. The third-order valence-corrected chi connectivity index (χ3v) is 56.5. The monoisotopic (exact) mass is 1870 g/mol. The van der Waals surface area contributed by atoms with Gasteiger partial charge in [-0.15, -0.1) is 0 Å². The van der Waals surface area contributed by atoms with Crippen LogP contribution in [-0.2, 0) is 0 Å². The van der Waals surface area contributed by atoms with Gasteiger partial charge in [0.05, 0.1) is 32.3 Å². The molecule has 0 unspecified atom stereocenters. The maximum absolute atomic E-state index is 2.49. The van der Waals surface area contributed by atoms with E-state index >= 15 is 0 Å². The molecule has 0 spiro atoms. The van der Waals surface area contributed by atoms with Gasteiger partial charge in [-0.3, -0.25) is 0 Å². The third-order valence-electron chi connectivity index (χ3n) is 33.8. The van der Waals surface area contributed by atoms with Crippen LogP contribution in [0.4, 0.5) is 0 Å². The van der Waals surface area contributed by atoms with Gasteiger partial charge in [-0.25, -0.2) is 0 Å². The second-order valence-corrected chi connectivity index (χ2v) is 66.5. The number of hydrogen-bond donors (Lipinski definition) is 0. The van der Waals surface area contributed by atoms with Crippen molar-refractivity contribution >= 4 is 32.3 Å². The van der Waals surface area contributed by atoms with Crippen LogP contribution in [0, 0.1) is 0 Å². The Labute approximate surface area is 828 Å². The molecule has 776 valence electrons. The number of rotatable bonds is 118. The average Bonchev–Trinajstić information content (AvgIpc) is 0.837. The number of unbranched alkanes of at least 4 members (excludes halogenated alkanes) is 86. The molecule has 4 heteroatoms. The van der Waals surface area contributed by atoms with E-state index in [-0.39, 0.29) is 0 Å². The highest BCUT2D eigenvalue weighted by atomic mass is 28.3. The predicted molar refractivity (Wildman–Crippen MR) is 614 cm³/mol. The zero-order valence-electron chi connectivity index (χ0n) is 93.3. The Morgan fingerprint density at radius 2 is 0.116 bits per heavy atom. The van der Waals surface area contributed by atoms with Crippen LogP contribution in [-0.4, -0.2) is 32.3 Å². The van der Waals surface area contributed by atoms with E-state index in [0.29, 0.717) is 0 Å². The molecule has 0 nitrogen and oxygen atoms in total. The molecule has 0 fully saturated rings. The Morgan fingerprint density at radius 3 is 0.186 bits per heavy atom. The summed E-state index contributed by atoms with van der Waals surface area (Å²) >= 11 is 0. The van der Waals surface area contributed by atoms with Gasteiger partial charge in [0.15, 0.2) is 0 Å². The lowest BCUT2D eigenvalue weighted by Crippen LogP contribution is -2.40. The summed E-state index contributed by atoms with van der Waals surface area (Å²) < 4.78 is 0. The van der Waals surface area contributed by atoms with Crippen molar-refractivity contribution in [2.24, 2.45) is 0 Å². The molecule has 0 rings (SSSR count). The molecule has 0 aliphatic heterocycles. The second kappa shape index (κ2) is 108. The molecule has 0 bridgehead atoms. The van der Waals surface area contributed by atoms with Gasteiger partial charge in [0.2, 0.25) is 0 Å². The molecule has 0 aromatic carbocycles. The zero-order chi connectivity index (χ0) is 93.3. The summed E-state index contributed by atoms with van der Waals surface area (Å²) in [5.74, 6) is 0. The fourth-order valence-corrected chi connectivity index (χ4v) is 47.3. The molecule has 0 aromatic rings. The van der Waals surface area contributed by atoms with Crippen molar-refractivity contribution in [2.75, 3.05) is 0 Å². The Balaban J connectivity index is 8.72. The van der Waals surface area contributed by atoms with Gasteiger partial charge < -0.3 is 0 Å². The maximum atomic E-state index is 2.49. The molecule has 0 aromatic heterocycles. The highest BCUT2D eigenvalue weighted by Crippen LogP contribution is 2.45. The van der Waals surface area contributed by atoms with Gasteiger partial charge in [-0.2, -0.15) is 0 Å². The van der Waals surface area contributed by atoms with Gasteiger partial charge in [-0.05, 0) is 0 Å². The SMILES string of the molecule is CCCCCCCCCCCC[Si](CCCCCCCCCCCC)(CCCCCCCCCCCC)CCC[Si](CCCCCCCC)(CCC[Si](CCCCCCCCCCCC)(CCCCCCCCCCCC)CCCCCCCCCCCC)CCC[Si](CCCCCCCCCCCC)(CCCCCCCCCCCC)CCCCCCCCCCCC. The molecule has 0 saturated heterocycles. The number of hydrogen-bond acceptors (Lipinski definition) is 0. The van der Waals surface area contributed by atoms with E-state index in [1.165, 1.54) is 488 Å². The van der Waals surface area contributed by atoms with Crippen molar-refractivity contribution in [3.8, 4) is 0 Å². The Hall–Kier alpha value is 0.868. The van der Waals surface area contributed by atoms with Gasteiger partial charge in [0.1, 0.15) is 0 Å². The largest absolute Gasteiger partial charge is 0.0654 e. The first-order chi connectivity index (χ1) is 63.7. The quantitative estimate of drug-likeness (QED) is 0.0421. The maximum Gasteiger partial charge on any atom is 0.0535 e. The Bertz CT molecular complexity index is 1610. The van der Waals surface area contributed by atoms with E-state index in [1.807, 2.05) is 0 Å². The lowest BCUT2D eigenvalue weighted by Gasteiger charge is -2.39. The summed E-state index contributed by atoms with van der Waals surface area (Å²) in [7, 11) is -6.24. The molecule has 0 saturated carbocycles. The van der Waals surface area contributed by atoms with Crippen LogP contribution in [0.5, 0.6) is 0 Å². The first-order valence-electron chi connectivity index (χ1n) is 63.7. The van der Waals surface area contributed by atoms with E-state index in [0.717, 1.165) is 0 Å². The highest BCUT2D eigenvalue weighted by Gasteiger charge is 2.39. The summed E-state index contributed by atoms with van der Waals surface area (Å²) in [6.07, 6.45) is 150. The van der Waals surface area contributed by atoms with Crippen LogP contribution in [0.3, 0.4) is 0 Å². The topological polar surface area (TPSA) is 0 Å². The van der Waals surface area contributed by atoms with E-state index in [4.69, 9.17) is 0 Å². The first kappa shape index (κ1) is 130. The molecular weight excluding hydrogens is 1610 g/mol. The van der Waals surface area contributed by atoms with E-state index in [1.54, 1.807) is 244 Å². The Morgan fingerprint density at radius 1 is 0.0620 bits per heavy atom.